The van der Waals surface area contributed by atoms with E-state index in [4.69, 9.17) is 15.0 Å². The van der Waals surface area contributed by atoms with Gasteiger partial charge in [0.15, 0.2) is 23.3 Å². The molecule has 0 N–H and O–H groups in total. The van der Waals surface area contributed by atoms with Crippen LogP contribution in [0.15, 0.2) is 188 Å². The molecule has 0 saturated carbocycles. The van der Waals surface area contributed by atoms with Crippen molar-refractivity contribution >= 4 is 5.78 Å². The first-order valence-corrected chi connectivity index (χ1v) is 17.1. The van der Waals surface area contributed by atoms with Gasteiger partial charge in [-0.25, -0.2) is 15.0 Å². The van der Waals surface area contributed by atoms with Crippen LogP contribution in [0.1, 0.15) is 38.2 Å². The molecule has 0 atom stereocenters. The van der Waals surface area contributed by atoms with Gasteiger partial charge in [0.25, 0.3) is 0 Å². The van der Waals surface area contributed by atoms with Crippen molar-refractivity contribution in [2.75, 3.05) is 0 Å². The second-order valence-corrected chi connectivity index (χ2v) is 12.7. The quantitative estimate of drug-likeness (QED) is 0.179. The van der Waals surface area contributed by atoms with Crippen LogP contribution in [0, 0.1) is 0 Å². The van der Waals surface area contributed by atoms with Crippen LogP contribution in [0.25, 0.3) is 45.3 Å². The average Bonchev–Trinajstić information content (AvgIpc) is 3.22. The van der Waals surface area contributed by atoms with E-state index >= 15 is 0 Å². The number of aromatic nitrogens is 3. The highest BCUT2D eigenvalue weighted by molar-refractivity contribution is 6.14. The van der Waals surface area contributed by atoms with Gasteiger partial charge in [-0.1, -0.05) is 188 Å². The van der Waals surface area contributed by atoms with Gasteiger partial charge in [0.05, 0.1) is 5.41 Å². The van der Waals surface area contributed by atoms with Gasteiger partial charge >= 0.3 is 0 Å². The van der Waals surface area contributed by atoms with Crippen LogP contribution in [0.4, 0.5) is 0 Å². The summed E-state index contributed by atoms with van der Waals surface area (Å²) in [5, 5.41) is 0. The lowest BCUT2D eigenvalue weighted by Crippen LogP contribution is -2.38. The summed E-state index contributed by atoms with van der Waals surface area (Å²) in [5.74, 6) is 1.92. The van der Waals surface area contributed by atoms with Crippen molar-refractivity contribution in [2.45, 2.75) is 5.41 Å². The summed E-state index contributed by atoms with van der Waals surface area (Å²) in [6.45, 7) is 0. The fraction of sp³-hybridized carbons (Fsp3) is 0.0213. The SMILES string of the molecule is O=C1c2ccccc2C(c2ccccc2)(c2ccccc2-c2ccc(-c3nc(-c4ccccc4)nc(-c4ccccc4)n3)cc2)c2ccccc21. The molecule has 4 heteroatoms. The van der Waals surface area contributed by atoms with Crippen LogP contribution in [0.3, 0.4) is 0 Å². The van der Waals surface area contributed by atoms with Crippen LogP contribution in [-0.4, -0.2) is 20.7 Å². The minimum Gasteiger partial charge on any atom is -0.289 e. The molecule has 1 aliphatic rings. The molecular weight excluding hydrogens is 623 g/mol. The van der Waals surface area contributed by atoms with Crippen molar-refractivity contribution in [1.29, 1.82) is 0 Å². The van der Waals surface area contributed by atoms with E-state index in [9.17, 15) is 4.79 Å². The van der Waals surface area contributed by atoms with Crippen LogP contribution < -0.4 is 0 Å². The predicted molar refractivity (Wildman–Crippen MR) is 203 cm³/mol. The van der Waals surface area contributed by atoms with Crippen molar-refractivity contribution in [3.8, 4) is 45.3 Å². The Bertz CT molecular complexity index is 2420. The van der Waals surface area contributed by atoms with Crippen LogP contribution in [0.5, 0.6) is 0 Å². The summed E-state index contributed by atoms with van der Waals surface area (Å²) < 4.78 is 0. The second kappa shape index (κ2) is 12.6. The standard InChI is InChI=1S/C47H31N3O/c51-43-38-23-11-14-26-41(38)47(36-20-8-3-9-21-36,42-27-15-12-24-39(42)43)40-25-13-10-22-37(40)32-28-30-35(31-29-32)46-49-44(33-16-4-1-5-17-33)48-45(50-46)34-18-6-2-7-19-34/h1-31H. The maximum atomic E-state index is 14.0. The second-order valence-electron chi connectivity index (χ2n) is 12.7. The number of fused-ring (bicyclic) bond motifs is 2. The molecule has 0 fully saturated rings. The molecule has 51 heavy (non-hydrogen) atoms. The lowest BCUT2D eigenvalue weighted by atomic mass is 9.58. The number of nitrogens with zero attached hydrogens (tertiary/aromatic N) is 3. The topological polar surface area (TPSA) is 55.7 Å². The fourth-order valence-corrected chi connectivity index (χ4v) is 7.55. The van der Waals surface area contributed by atoms with Gasteiger partial charge in [0, 0.05) is 27.8 Å². The van der Waals surface area contributed by atoms with E-state index in [-0.39, 0.29) is 5.78 Å². The van der Waals surface area contributed by atoms with E-state index in [1.807, 2.05) is 103 Å². The van der Waals surface area contributed by atoms with Crippen molar-refractivity contribution < 1.29 is 4.79 Å². The van der Waals surface area contributed by atoms with Gasteiger partial charge in [-0.3, -0.25) is 4.79 Å². The number of carbonyl (C=O) groups is 1. The molecule has 0 radical (unpaired) electrons. The van der Waals surface area contributed by atoms with Crippen LogP contribution in [-0.2, 0) is 5.41 Å². The van der Waals surface area contributed by atoms with E-state index in [0.29, 0.717) is 17.5 Å². The molecule has 0 bridgehead atoms. The Morgan fingerprint density at radius 3 is 1.12 bits per heavy atom. The number of hydrogen-bond acceptors (Lipinski definition) is 4. The Balaban J connectivity index is 1.23. The maximum Gasteiger partial charge on any atom is 0.193 e. The average molecular weight is 654 g/mol. The van der Waals surface area contributed by atoms with Gasteiger partial charge in [-0.15, -0.1) is 0 Å². The normalized spacial score (nSPS) is 12.9. The zero-order valence-corrected chi connectivity index (χ0v) is 27.6. The van der Waals surface area contributed by atoms with Gasteiger partial charge in [0.1, 0.15) is 0 Å². The largest absolute Gasteiger partial charge is 0.289 e. The monoisotopic (exact) mass is 653 g/mol. The molecule has 1 heterocycles. The molecule has 1 aromatic heterocycles. The predicted octanol–water partition coefficient (Wildman–Crippen LogP) is 10.5. The van der Waals surface area contributed by atoms with Gasteiger partial charge in [-0.05, 0) is 33.4 Å². The molecule has 1 aliphatic carbocycles. The summed E-state index contributed by atoms with van der Waals surface area (Å²) in [4.78, 5) is 28.8. The first kappa shape index (κ1) is 30.3. The van der Waals surface area contributed by atoms with E-state index in [1.165, 1.54) is 0 Å². The number of ketones is 1. The summed E-state index contributed by atoms with van der Waals surface area (Å²) in [7, 11) is 0. The van der Waals surface area contributed by atoms with Crippen molar-refractivity contribution in [3.05, 3.63) is 221 Å². The minimum atomic E-state index is -0.735. The van der Waals surface area contributed by atoms with Gasteiger partial charge < -0.3 is 0 Å². The Morgan fingerprint density at radius 2 is 0.647 bits per heavy atom. The third-order valence-corrected chi connectivity index (χ3v) is 9.84. The zero-order chi connectivity index (χ0) is 34.2. The molecule has 0 unspecified atom stereocenters. The van der Waals surface area contributed by atoms with E-state index < -0.39 is 5.41 Å². The summed E-state index contributed by atoms with van der Waals surface area (Å²) in [6.07, 6.45) is 0. The van der Waals surface area contributed by atoms with Gasteiger partial charge in [-0.2, -0.15) is 0 Å². The molecule has 0 spiro atoms. The maximum absolute atomic E-state index is 14.0. The summed E-state index contributed by atoms with van der Waals surface area (Å²) >= 11 is 0. The Hall–Kier alpha value is -6.78. The Labute approximate surface area is 296 Å². The van der Waals surface area contributed by atoms with Crippen molar-refractivity contribution in [2.24, 2.45) is 0 Å². The van der Waals surface area contributed by atoms with E-state index in [1.54, 1.807) is 0 Å². The fourth-order valence-electron chi connectivity index (χ4n) is 7.55. The third-order valence-electron chi connectivity index (χ3n) is 9.84. The highest BCUT2D eigenvalue weighted by Gasteiger charge is 2.47. The molecule has 4 nitrogen and oxygen atoms in total. The lowest BCUT2D eigenvalue weighted by molar-refractivity contribution is 0.103. The summed E-state index contributed by atoms with van der Waals surface area (Å²) in [5.41, 5.74) is 9.78. The smallest absolute Gasteiger partial charge is 0.193 e. The molecular formula is C47H31N3O. The number of hydrogen-bond donors (Lipinski definition) is 0. The molecule has 7 aromatic carbocycles. The molecule has 0 amide bonds. The molecule has 240 valence electrons. The molecule has 9 rings (SSSR count). The number of rotatable bonds is 6. The summed E-state index contributed by atoms with van der Waals surface area (Å²) in [6, 6.07) is 63.8. The Kier molecular flexibility index (Phi) is 7.48. The zero-order valence-electron chi connectivity index (χ0n) is 27.6. The highest BCUT2D eigenvalue weighted by atomic mass is 16.1. The van der Waals surface area contributed by atoms with Crippen molar-refractivity contribution in [1.82, 2.24) is 15.0 Å². The first-order chi connectivity index (χ1) is 25.2. The molecule has 0 saturated heterocycles. The van der Waals surface area contributed by atoms with Crippen LogP contribution >= 0.6 is 0 Å². The molecule has 0 aliphatic heterocycles. The Morgan fingerprint density at radius 1 is 0.314 bits per heavy atom. The number of benzene rings is 7. The van der Waals surface area contributed by atoms with E-state index in [2.05, 4.69) is 84.9 Å². The third kappa shape index (κ3) is 5.08. The van der Waals surface area contributed by atoms with Crippen molar-refractivity contribution in [3.63, 3.8) is 0 Å². The van der Waals surface area contributed by atoms with Crippen LogP contribution in [0.2, 0.25) is 0 Å². The minimum absolute atomic E-state index is 0.0525. The first-order valence-electron chi connectivity index (χ1n) is 17.1. The lowest BCUT2D eigenvalue weighted by Gasteiger charge is -2.42. The molecule has 8 aromatic rings. The highest BCUT2D eigenvalue weighted by Crippen LogP contribution is 2.53. The van der Waals surface area contributed by atoms with Gasteiger partial charge in [0.2, 0.25) is 0 Å². The van der Waals surface area contributed by atoms with E-state index in [0.717, 1.165) is 61.2 Å². The number of carbonyl (C=O) groups excluding carboxylic acids is 1.